The van der Waals surface area contributed by atoms with E-state index >= 15 is 0 Å². The largest absolute Gasteiger partial charge is 0.396 e. The maximum absolute atomic E-state index is 13.5. The van der Waals surface area contributed by atoms with Crippen LogP contribution in [0.1, 0.15) is 39.9 Å². The molecule has 0 saturated heterocycles. The molecule has 2 aromatic heterocycles. The predicted molar refractivity (Wildman–Crippen MR) is 133 cm³/mol. The Bertz CT molecular complexity index is 1310. The van der Waals surface area contributed by atoms with Gasteiger partial charge in [-0.05, 0) is 41.7 Å². The van der Waals surface area contributed by atoms with Crippen molar-refractivity contribution in [1.29, 1.82) is 0 Å². The van der Waals surface area contributed by atoms with Crippen LogP contribution >= 0.6 is 0 Å². The molecule has 0 aliphatic carbocycles. The number of aromatic nitrogens is 2. The molecule has 3 rings (SSSR count). The summed E-state index contributed by atoms with van der Waals surface area (Å²) in [7, 11) is 0. The van der Waals surface area contributed by atoms with Crippen LogP contribution in [0.15, 0.2) is 41.3 Å². The number of amides is 1. The molecule has 0 spiro atoms. The first-order valence-corrected chi connectivity index (χ1v) is 12.5. The number of benzene rings is 1. The molecular formula is C24H29FN4O6S. The van der Waals surface area contributed by atoms with Crippen molar-refractivity contribution in [2.24, 2.45) is 11.7 Å². The molecule has 3 aromatic rings. The van der Waals surface area contributed by atoms with Crippen molar-refractivity contribution < 1.29 is 28.2 Å². The van der Waals surface area contributed by atoms with Crippen LogP contribution in [0.2, 0.25) is 0 Å². The summed E-state index contributed by atoms with van der Waals surface area (Å²) in [5, 5.41) is 22.6. The second-order valence-corrected chi connectivity index (χ2v) is 9.47. The molecule has 0 aliphatic rings. The predicted octanol–water partition coefficient (Wildman–Crippen LogP) is 0.698. The van der Waals surface area contributed by atoms with Gasteiger partial charge in [-0.25, -0.2) is 8.60 Å². The third-order valence-corrected chi connectivity index (χ3v) is 6.50. The van der Waals surface area contributed by atoms with Crippen LogP contribution < -0.4 is 16.6 Å². The molecule has 1 aromatic carbocycles. The van der Waals surface area contributed by atoms with Crippen LogP contribution in [-0.4, -0.2) is 60.1 Å². The number of pyridine rings is 2. The van der Waals surface area contributed by atoms with Gasteiger partial charge < -0.3 is 30.4 Å². The van der Waals surface area contributed by atoms with Crippen molar-refractivity contribution in [3.05, 3.63) is 75.0 Å². The Labute approximate surface area is 209 Å². The highest BCUT2D eigenvalue weighted by molar-refractivity contribution is 7.79. The summed E-state index contributed by atoms with van der Waals surface area (Å²) in [5.74, 6) is -2.85. The number of aliphatic hydroxyl groups is 2. The van der Waals surface area contributed by atoms with Crippen LogP contribution in [0.4, 0.5) is 4.39 Å². The first kappa shape index (κ1) is 27.6. The van der Waals surface area contributed by atoms with Gasteiger partial charge in [-0.2, -0.15) is 0 Å². The Kier molecular flexibility index (Phi) is 9.40. The second-order valence-electron chi connectivity index (χ2n) is 8.54. The second kappa shape index (κ2) is 12.3. The zero-order valence-corrected chi connectivity index (χ0v) is 20.5. The van der Waals surface area contributed by atoms with E-state index in [-0.39, 0.29) is 48.0 Å². The summed E-state index contributed by atoms with van der Waals surface area (Å²) in [6.07, 6.45) is 1.96. The van der Waals surface area contributed by atoms with Crippen LogP contribution in [0, 0.1) is 11.7 Å². The molecule has 6 N–H and O–H groups in total. The molecule has 0 bridgehead atoms. The van der Waals surface area contributed by atoms with Crippen LogP contribution in [0.5, 0.6) is 0 Å². The Morgan fingerprint density at radius 2 is 1.92 bits per heavy atom. The van der Waals surface area contributed by atoms with Gasteiger partial charge in [-0.1, -0.05) is 19.1 Å². The van der Waals surface area contributed by atoms with E-state index in [1.54, 1.807) is 31.3 Å². The number of hydrogen-bond acceptors (Lipinski definition) is 7. The van der Waals surface area contributed by atoms with Crippen LogP contribution in [0.25, 0.3) is 11.0 Å². The highest BCUT2D eigenvalue weighted by atomic mass is 32.2. The van der Waals surface area contributed by atoms with Crippen molar-refractivity contribution in [2.45, 2.75) is 25.8 Å². The van der Waals surface area contributed by atoms with E-state index in [0.717, 1.165) is 5.56 Å². The molecular weight excluding hydrogens is 491 g/mol. The van der Waals surface area contributed by atoms with E-state index in [0.29, 0.717) is 17.5 Å². The molecule has 194 valence electrons. The van der Waals surface area contributed by atoms with Crippen molar-refractivity contribution >= 4 is 28.0 Å². The minimum atomic E-state index is -2.08. The number of hydrogen-bond donors (Lipinski definition) is 5. The summed E-state index contributed by atoms with van der Waals surface area (Å²) in [6, 6.07) is 7.69. The van der Waals surface area contributed by atoms with Gasteiger partial charge in [0.1, 0.15) is 11.4 Å². The lowest BCUT2D eigenvalue weighted by Crippen LogP contribution is -2.36. The molecule has 3 unspecified atom stereocenters. The van der Waals surface area contributed by atoms with Crippen molar-refractivity contribution in [3.63, 3.8) is 0 Å². The van der Waals surface area contributed by atoms with E-state index in [9.17, 15) is 28.4 Å². The zero-order chi connectivity index (χ0) is 26.4. The lowest BCUT2D eigenvalue weighted by Gasteiger charge is -2.25. The zero-order valence-electron chi connectivity index (χ0n) is 19.7. The number of rotatable bonds is 12. The average molecular weight is 521 g/mol. The number of nitrogens with zero attached hydrogens (tertiary/aromatic N) is 2. The maximum atomic E-state index is 13.5. The third kappa shape index (κ3) is 6.20. The average Bonchev–Trinajstić information content (AvgIpc) is 2.84. The monoisotopic (exact) mass is 520 g/mol. The summed E-state index contributed by atoms with van der Waals surface area (Å²) < 4.78 is 34.6. The van der Waals surface area contributed by atoms with Gasteiger partial charge in [-0.15, -0.1) is 0 Å². The van der Waals surface area contributed by atoms with E-state index in [2.05, 4.69) is 10.3 Å². The van der Waals surface area contributed by atoms with Gasteiger partial charge in [-0.3, -0.25) is 14.6 Å². The minimum absolute atomic E-state index is 0.0358. The summed E-state index contributed by atoms with van der Waals surface area (Å²) in [5.41, 5.74) is 6.92. The quantitative estimate of drug-likeness (QED) is 0.172. The smallest absolute Gasteiger partial charge is 0.264 e. The summed E-state index contributed by atoms with van der Waals surface area (Å²) in [4.78, 5) is 30.5. The molecule has 36 heavy (non-hydrogen) atoms. The van der Waals surface area contributed by atoms with Gasteiger partial charge in [0, 0.05) is 37.4 Å². The van der Waals surface area contributed by atoms with Crippen molar-refractivity contribution in [3.8, 4) is 0 Å². The number of aliphatic hydroxyl groups excluding tert-OH is 2. The van der Waals surface area contributed by atoms with E-state index in [1.807, 2.05) is 0 Å². The van der Waals surface area contributed by atoms with E-state index in [1.165, 1.54) is 16.7 Å². The molecule has 1 amide bonds. The fourth-order valence-corrected chi connectivity index (χ4v) is 4.49. The first-order chi connectivity index (χ1) is 17.2. The number of fused-ring (bicyclic) bond motifs is 1. The van der Waals surface area contributed by atoms with Gasteiger partial charge in [0.25, 0.3) is 11.5 Å². The molecule has 2 heterocycles. The number of carbonyl (C=O) groups excluding carboxylic acids is 1. The van der Waals surface area contributed by atoms with Gasteiger partial charge in [0.2, 0.25) is 0 Å². The number of nitrogens with two attached hydrogens (primary N) is 1. The Balaban J connectivity index is 2.23. The Morgan fingerprint density at radius 1 is 1.22 bits per heavy atom. The van der Waals surface area contributed by atoms with Crippen molar-refractivity contribution in [1.82, 2.24) is 14.9 Å². The standard InChI is InChI=1S/C24H29FN4O6S/c1-14(11-30)18(12-31)20-21(23(26)32)24(33)29(7-6-27-13-36(34)35)19-9-16(10-28-22(19)20)8-15-2-4-17(25)5-3-15/h2-5,9-10,14,18,27,30-31H,6-8,11-13H2,1H3,(H2,26,32)(H,34,35). The molecule has 10 nitrogen and oxygen atoms in total. The van der Waals surface area contributed by atoms with Crippen molar-refractivity contribution in [2.75, 3.05) is 25.6 Å². The lowest BCUT2D eigenvalue weighted by molar-refractivity contribution is 0.0994. The number of halogens is 1. The lowest BCUT2D eigenvalue weighted by atomic mass is 9.84. The summed E-state index contributed by atoms with van der Waals surface area (Å²) in [6.45, 7) is 1.08. The fourth-order valence-electron chi connectivity index (χ4n) is 4.18. The highest BCUT2D eigenvalue weighted by Crippen LogP contribution is 2.32. The normalized spacial score (nSPS) is 14.0. The molecule has 0 radical (unpaired) electrons. The molecule has 12 heteroatoms. The van der Waals surface area contributed by atoms with Gasteiger partial charge >= 0.3 is 0 Å². The van der Waals surface area contributed by atoms with Crippen LogP contribution in [-0.2, 0) is 24.0 Å². The number of primary amides is 1. The molecule has 0 aliphatic heterocycles. The third-order valence-electron chi connectivity index (χ3n) is 6.05. The highest BCUT2D eigenvalue weighted by Gasteiger charge is 2.30. The SMILES string of the molecule is CC(CO)C(CO)c1c(C(N)=O)c(=O)n(CCNCS(=O)O)c2cc(Cc3ccc(F)cc3)cnc12. The minimum Gasteiger partial charge on any atom is -0.396 e. The Hall–Kier alpha value is -3.03. The fraction of sp³-hybridized carbons (Fsp3) is 0.375. The Morgan fingerprint density at radius 3 is 2.50 bits per heavy atom. The first-order valence-electron chi connectivity index (χ1n) is 11.3. The molecule has 3 atom stereocenters. The maximum Gasteiger partial charge on any atom is 0.264 e. The molecule has 0 fully saturated rings. The van der Waals surface area contributed by atoms with Gasteiger partial charge in [0.15, 0.2) is 11.1 Å². The van der Waals surface area contributed by atoms with Crippen LogP contribution in [0.3, 0.4) is 0 Å². The van der Waals surface area contributed by atoms with E-state index in [4.69, 9.17) is 10.3 Å². The number of nitrogens with one attached hydrogen (secondary N) is 1. The van der Waals surface area contributed by atoms with E-state index < -0.39 is 41.0 Å². The molecule has 0 saturated carbocycles. The topological polar surface area (TPSA) is 168 Å². The summed E-state index contributed by atoms with van der Waals surface area (Å²) >= 11 is -2.08. The van der Waals surface area contributed by atoms with Gasteiger partial charge in [0.05, 0.1) is 23.5 Å². The number of carbonyl (C=O) groups is 1.